The second kappa shape index (κ2) is 10.8. The van der Waals surface area contributed by atoms with Gasteiger partial charge in [-0.3, -0.25) is 4.79 Å². The molecule has 0 aliphatic rings. The average Bonchev–Trinajstić information content (AvgIpc) is 3.32. The summed E-state index contributed by atoms with van der Waals surface area (Å²) in [5.74, 6) is 0.371. The molecule has 0 radical (unpaired) electrons. The molecule has 0 saturated carbocycles. The molecule has 168 valence electrons. The standard InChI is InChI=1S/C28H24N4O2/c1-34-26-14-12-21(13-15-26)16-17-30-28(33)23(19-29)18-24-20-32(25-10-6-3-7-11-25)31-27(24)22-8-4-2-5-9-22/h2-15,18,20H,16-17H2,1H3,(H,30,33)/b23-18+. The van der Waals surface area contributed by atoms with Crippen molar-refractivity contribution in [3.05, 3.63) is 108 Å². The van der Waals surface area contributed by atoms with Crippen LogP contribution in [-0.2, 0) is 11.2 Å². The fourth-order valence-corrected chi connectivity index (χ4v) is 3.54. The summed E-state index contributed by atoms with van der Waals surface area (Å²) in [6.07, 6.45) is 4.08. The highest BCUT2D eigenvalue weighted by atomic mass is 16.5. The minimum Gasteiger partial charge on any atom is -0.497 e. The van der Waals surface area contributed by atoms with E-state index in [2.05, 4.69) is 5.32 Å². The average molecular weight is 449 g/mol. The van der Waals surface area contributed by atoms with Gasteiger partial charge in [0.2, 0.25) is 0 Å². The zero-order chi connectivity index (χ0) is 23.8. The number of nitrogens with one attached hydrogen (secondary N) is 1. The molecule has 4 aromatic rings. The first-order valence-electron chi connectivity index (χ1n) is 10.9. The lowest BCUT2D eigenvalue weighted by atomic mass is 10.1. The number of methoxy groups -OCH3 is 1. The molecular weight excluding hydrogens is 424 g/mol. The monoisotopic (exact) mass is 448 g/mol. The molecule has 34 heavy (non-hydrogen) atoms. The normalized spacial score (nSPS) is 11.0. The summed E-state index contributed by atoms with van der Waals surface area (Å²) < 4.78 is 6.92. The van der Waals surface area contributed by atoms with Gasteiger partial charge in [0, 0.05) is 23.9 Å². The van der Waals surface area contributed by atoms with Crippen molar-refractivity contribution in [3.8, 4) is 28.8 Å². The highest BCUT2D eigenvalue weighted by molar-refractivity contribution is 6.02. The van der Waals surface area contributed by atoms with Crippen LogP contribution in [0.4, 0.5) is 0 Å². The maximum atomic E-state index is 12.7. The van der Waals surface area contributed by atoms with Gasteiger partial charge in [-0.25, -0.2) is 4.68 Å². The van der Waals surface area contributed by atoms with E-state index in [0.29, 0.717) is 24.2 Å². The van der Waals surface area contributed by atoms with E-state index in [1.807, 2.05) is 97.2 Å². The third-order valence-electron chi connectivity index (χ3n) is 5.33. The lowest BCUT2D eigenvalue weighted by molar-refractivity contribution is -0.117. The summed E-state index contributed by atoms with van der Waals surface area (Å²) in [5, 5.41) is 17.3. The predicted octanol–water partition coefficient (Wildman–Crippen LogP) is 4.81. The molecule has 1 amide bonds. The van der Waals surface area contributed by atoms with E-state index in [-0.39, 0.29) is 5.57 Å². The molecule has 0 aliphatic heterocycles. The van der Waals surface area contributed by atoms with Crippen molar-refractivity contribution in [1.82, 2.24) is 15.1 Å². The molecule has 6 nitrogen and oxygen atoms in total. The van der Waals surface area contributed by atoms with Gasteiger partial charge in [-0.1, -0.05) is 60.7 Å². The molecule has 1 heterocycles. The first-order chi connectivity index (χ1) is 16.7. The Morgan fingerprint density at radius 1 is 1.03 bits per heavy atom. The lowest BCUT2D eigenvalue weighted by Gasteiger charge is -2.06. The molecule has 1 N–H and O–H groups in total. The molecule has 1 aromatic heterocycles. The van der Waals surface area contributed by atoms with Crippen LogP contribution < -0.4 is 10.1 Å². The number of hydrogen-bond donors (Lipinski definition) is 1. The summed E-state index contributed by atoms with van der Waals surface area (Å²) in [5.41, 5.74) is 4.28. The van der Waals surface area contributed by atoms with Crippen molar-refractivity contribution in [2.75, 3.05) is 13.7 Å². The third kappa shape index (κ3) is 5.40. The van der Waals surface area contributed by atoms with E-state index in [9.17, 15) is 10.1 Å². The van der Waals surface area contributed by atoms with Crippen LogP contribution in [-0.4, -0.2) is 29.3 Å². The molecule has 4 rings (SSSR count). The molecule has 0 atom stereocenters. The van der Waals surface area contributed by atoms with E-state index in [0.717, 1.165) is 22.6 Å². The van der Waals surface area contributed by atoms with Crippen LogP contribution >= 0.6 is 0 Å². The number of hydrogen-bond acceptors (Lipinski definition) is 4. The Kier molecular flexibility index (Phi) is 7.16. The van der Waals surface area contributed by atoms with Crippen LogP contribution in [0.1, 0.15) is 11.1 Å². The molecule has 3 aromatic carbocycles. The smallest absolute Gasteiger partial charge is 0.261 e. The number of para-hydroxylation sites is 1. The number of ether oxygens (including phenoxy) is 1. The van der Waals surface area contributed by atoms with Gasteiger partial charge in [0.1, 0.15) is 17.4 Å². The molecule has 6 heteroatoms. The van der Waals surface area contributed by atoms with Gasteiger partial charge in [-0.15, -0.1) is 0 Å². The number of nitriles is 1. The maximum absolute atomic E-state index is 12.7. The van der Waals surface area contributed by atoms with E-state index in [1.165, 1.54) is 0 Å². The zero-order valence-corrected chi connectivity index (χ0v) is 18.8. The second-order valence-electron chi connectivity index (χ2n) is 7.60. The summed E-state index contributed by atoms with van der Waals surface area (Å²) in [7, 11) is 1.62. The topological polar surface area (TPSA) is 79.9 Å². The summed E-state index contributed by atoms with van der Waals surface area (Å²) in [6, 6.07) is 29.1. The Hall–Kier alpha value is -4.63. The van der Waals surface area contributed by atoms with Crippen molar-refractivity contribution in [1.29, 1.82) is 5.26 Å². The lowest BCUT2D eigenvalue weighted by Crippen LogP contribution is -2.26. The number of aromatic nitrogens is 2. The Bertz CT molecular complexity index is 1320. The van der Waals surface area contributed by atoms with Gasteiger partial charge in [0.15, 0.2) is 0 Å². The fraction of sp³-hybridized carbons (Fsp3) is 0.107. The Morgan fingerprint density at radius 3 is 2.35 bits per heavy atom. The molecular formula is C28H24N4O2. The van der Waals surface area contributed by atoms with E-state index in [1.54, 1.807) is 17.9 Å². The van der Waals surface area contributed by atoms with Crippen LogP contribution in [0.3, 0.4) is 0 Å². The van der Waals surface area contributed by atoms with E-state index >= 15 is 0 Å². The minimum absolute atomic E-state index is 0.0273. The molecule has 0 bridgehead atoms. The van der Waals surface area contributed by atoms with Gasteiger partial charge in [-0.2, -0.15) is 10.4 Å². The predicted molar refractivity (Wildman–Crippen MR) is 132 cm³/mol. The Morgan fingerprint density at radius 2 is 1.71 bits per heavy atom. The van der Waals surface area contributed by atoms with E-state index < -0.39 is 5.91 Å². The van der Waals surface area contributed by atoms with Gasteiger partial charge >= 0.3 is 0 Å². The van der Waals surface area contributed by atoms with Crippen LogP contribution in [0.15, 0.2) is 96.7 Å². The highest BCUT2D eigenvalue weighted by Gasteiger charge is 2.15. The third-order valence-corrected chi connectivity index (χ3v) is 5.33. The Labute approximate surface area is 198 Å². The first kappa shape index (κ1) is 22.6. The number of amides is 1. The molecule has 0 fully saturated rings. The van der Waals surface area contributed by atoms with Gasteiger partial charge < -0.3 is 10.1 Å². The van der Waals surface area contributed by atoms with Gasteiger partial charge in [0.25, 0.3) is 5.91 Å². The molecule has 0 unspecified atom stereocenters. The summed E-state index contributed by atoms with van der Waals surface area (Å²) in [4.78, 5) is 12.7. The summed E-state index contributed by atoms with van der Waals surface area (Å²) >= 11 is 0. The van der Waals surface area contributed by atoms with Crippen LogP contribution in [0.5, 0.6) is 5.75 Å². The number of carbonyl (C=O) groups excluding carboxylic acids is 1. The van der Waals surface area contributed by atoms with Gasteiger partial charge in [0.05, 0.1) is 18.5 Å². The number of carbonyl (C=O) groups is 1. The second-order valence-corrected chi connectivity index (χ2v) is 7.60. The van der Waals surface area contributed by atoms with Crippen molar-refractivity contribution < 1.29 is 9.53 Å². The zero-order valence-electron chi connectivity index (χ0n) is 18.8. The summed E-state index contributed by atoms with van der Waals surface area (Å²) in [6.45, 7) is 0.416. The maximum Gasteiger partial charge on any atom is 0.261 e. The minimum atomic E-state index is -0.414. The number of benzene rings is 3. The van der Waals surface area contributed by atoms with Gasteiger partial charge in [-0.05, 0) is 42.3 Å². The van der Waals surface area contributed by atoms with Crippen LogP contribution in [0.2, 0.25) is 0 Å². The Balaban J connectivity index is 1.55. The van der Waals surface area contributed by atoms with Crippen LogP contribution in [0.25, 0.3) is 23.0 Å². The molecule has 0 aliphatic carbocycles. The molecule has 0 saturated heterocycles. The first-order valence-corrected chi connectivity index (χ1v) is 10.9. The fourth-order valence-electron chi connectivity index (χ4n) is 3.54. The quantitative estimate of drug-likeness (QED) is 0.310. The van der Waals surface area contributed by atoms with Crippen molar-refractivity contribution in [2.45, 2.75) is 6.42 Å². The van der Waals surface area contributed by atoms with E-state index in [4.69, 9.17) is 9.84 Å². The number of rotatable bonds is 8. The number of nitrogens with zero attached hydrogens (tertiary/aromatic N) is 3. The molecule has 0 spiro atoms. The highest BCUT2D eigenvalue weighted by Crippen LogP contribution is 2.25. The van der Waals surface area contributed by atoms with Crippen LogP contribution in [0, 0.1) is 11.3 Å². The van der Waals surface area contributed by atoms with Crippen molar-refractivity contribution in [3.63, 3.8) is 0 Å². The van der Waals surface area contributed by atoms with Crippen molar-refractivity contribution >= 4 is 12.0 Å². The SMILES string of the molecule is COc1ccc(CCNC(=O)/C(C#N)=C/c2cn(-c3ccccc3)nc2-c2ccccc2)cc1. The largest absolute Gasteiger partial charge is 0.497 e. The van der Waals surface area contributed by atoms with Crippen molar-refractivity contribution in [2.24, 2.45) is 0 Å².